The van der Waals surface area contributed by atoms with Crippen LogP contribution in [0.3, 0.4) is 0 Å². The molecule has 4 nitrogen and oxygen atoms in total. The van der Waals surface area contributed by atoms with E-state index in [4.69, 9.17) is 0 Å². The van der Waals surface area contributed by atoms with Crippen LogP contribution in [0.25, 0.3) is 0 Å². The number of hydrogen-bond acceptors (Lipinski definition) is 3. The summed E-state index contributed by atoms with van der Waals surface area (Å²) in [5, 5.41) is 0. The van der Waals surface area contributed by atoms with Gasteiger partial charge in [0.05, 0.1) is 13.0 Å². The number of carbonyl (C=O) groups is 1. The Morgan fingerprint density at radius 3 is 2.93 bits per heavy atom. The van der Waals surface area contributed by atoms with E-state index >= 15 is 0 Å². The molecule has 14 heavy (non-hydrogen) atoms. The third-order valence-corrected chi connectivity index (χ3v) is 1.62. The first-order valence-electron chi connectivity index (χ1n) is 4.16. The molecule has 0 unspecified atom stereocenters. The number of H-pyrrole nitrogens is 1. The van der Waals surface area contributed by atoms with Gasteiger partial charge in [-0.1, -0.05) is 0 Å². The highest BCUT2D eigenvalue weighted by molar-refractivity contribution is 5.72. The molecule has 1 N–H and O–H groups in total. The van der Waals surface area contributed by atoms with Gasteiger partial charge in [-0.25, -0.2) is 4.39 Å². The molecule has 1 aromatic rings. The molecule has 0 aromatic carbocycles. The topological polar surface area (TPSA) is 59.2 Å². The van der Waals surface area contributed by atoms with Gasteiger partial charge in [-0.2, -0.15) is 0 Å². The molecule has 0 saturated carbocycles. The van der Waals surface area contributed by atoms with E-state index in [0.29, 0.717) is 0 Å². The quantitative estimate of drug-likeness (QED) is 0.726. The van der Waals surface area contributed by atoms with Gasteiger partial charge in [0.1, 0.15) is 0 Å². The molecule has 0 aliphatic carbocycles. The fourth-order valence-corrected chi connectivity index (χ4v) is 0.999. The molecule has 0 radical (unpaired) electrons. The average Bonchev–Trinajstić information content (AvgIpc) is 2.13. The van der Waals surface area contributed by atoms with Crippen molar-refractivity contribution in [3.8, 4) is 0 Å². The summed E-state index contributed by atoms with van der Waals surface area (Å²) >= 11 is 0. The van der Waals surface area contributed by atoms with E-state index in [1.165, 1.54) is 6.20 Å². The highest BCUT2D eigenvalue weighted by Gasteiger charge is 2.09. The number of ether oxygens (including phenoxy) is 1. The Balaban J connectivity index is 2.82. The molecule has 0 atom stereocenters. The van der Waals surface area contributed by atoms with Crippen LogP contribution in [-0.4, -0.2) is 17.6 Å². The van der Waals surface area contributed by atoms with Gasteiger partial charge in [0.2, 0.25) is 5.43 Å². The monoisotopic (exact) mass is 199 g/mol. The number of nitrogens with one attached hydrogen (secondary N) is 1. The summed E-state index contributed by atoms with van der Waals surface area (Å²) < 4.78 is 17.3. The lowest BCUT2D eigenvalue weighted by molar-refractivity contribution is -0.142. The molecule has 5 heteroatoms. The molecule has 1 aromatic heterocycles. The minimum atomic E-state index is -0.896. The Morgan fingerprint density at radius 1 is 1.57 bits per heavy atom. The Labute approximate surface area is 79.7 Å². The van der Waals surface area contributed by atoms with E-state index < -0.39 is 17.2 Å². The molecule has 0 aliphatic rings. The number of aromatic nitrogens is 1. The number of pyridine rings is 1. The van der Waals surface area contributed by atoms with Crippen LogP contribution in [0.2, 0.25) is 0 Å². The van der Waals surface area contributed by atoms with Crippen LogP contribution in [0, 0.1) is 5.82 Å². The summed E-state index contributed by atoms with van der Waals surface area (Å²) in [7, 11) is 0. The van der Waals surface area contributed by atoms with Crippen molar-refractivity contribution in [1.82, 2.24) is 4.98 Å². The van der Waals surface area contributed by atoms with Crippen LogP contribution in [0.1, 0.15) is 12.5 Å². The van der Waals surface area contributed by atoms with Crippen molar-refractivity contribution in [2.24, 2.45) is 0 Å². The zero-order valence-corrected chi connectivity index (χ0v) is 7.67. The van der Waals surface area contributed by atoms with E-state index in [2.05, 4.69) is 9.72 Å². The number of esters is 1. The second-order valence-electron chi connectivity index (χ2n) is 2.64. The van der Waals surface area contributed by atoms with Crippen LogP contribution in [0.5, 0.6) is 0 Å². The van der Waals surface area contributed by atoms with Gasteiger partial charge < -0.3 is 9.72 Å². The van der Waals surface area contributed by atoms with E-state index in [1.807, 2.05) is 0 Å². The maximum absolute atomic E-state index is 12.7. The molecule has 0 amide bonds. The summed E-state index contributed by atoms with van der Waals surface area (Å²) in [5.74, 6) is -1.43. The molecular formula is C9H10FNO3. The number of halogens is 1. The Hall–Kier alpha value is -1.65. The van der Waals surface area contributed by atoms with Crippen molar-refractivity contribution in [1.29, 1.82) is 0 Å². The third-order valence-electron chi connectivity index (χ3n) is 1.62. The molecular weight excluding hydrogens is 189 g/mol. The summed E-state index contributed by atoms with van der Waals surface area (Å²) in [6, 6.07) is 0. The van der Waals surface area contributed by atoms with Crippen molar-refractivity contribution in [3.05, 3.63) is 34.0 Å². The Kier molecular flexibility index (Phi) is 3.39. The average molecular weight is 199 g/mol. The van der Waals surface area contributed by atoms with Crippen LogP contribution < -0.4 is 5.43 Å². The van der Waals surface area contributed by atoms with E-state index in [1.54, 1.807) is 6.92 Å². The lowest BCUT2D eigenvalue weighted by Gasteiger charge is -2.00. The fourth-order valence-electron chi connectivity index (χ4n) is 0.999. The van der Waals surface area contributed by atoms with Crippen molar-refractivity contribution in [2.45, 2.75) is 13.3 Å². The largest absolute Gasteiger partial charge is 0.466 e. The number of aromatic amines is 1. The van der Waals surface area contributed by atoms with Crippen LogP contribution >= 0.6 is 0 Å². The first-order valence-corrected chi connectivity index (χ1v) is 4.16. The zero-order chi connectivity index (χ0) is 10.6. The third kappa shape index (κ3) is 2.42. The molecule has 0 aliphatic heterocycles. The van der Waals surface area contributed by atoms with Gasteiger partial charge in [-0.3, -0.25) is 9.59 Å². The molecule has 76 valence electrons. The van der Waals surface area contributed by atoms with Gasteiger partial charge in [0.25, 0.3) is 0 Å². The van der Waals surface area contributed by atoms with Gasteiger partial charge >= 0.3 is 5.97 Å². The zero-order valence-electron chi connectivity index (χ0n) is 7.67. The lowest BCUT2D eigenvalue weighted by atomic mass is 10.2. The number of rotatable bonds is 3. The predicted octanol–water partition coefficient (Wildman–Crippen LogP) is 0.620. The summed E-state index contributed by atoms with van der Waals surface area (Å²) in [6.07, 6.45) is 2.03. The van der Waals surface area contributed by atoms with Crippen LogP contribution in [0.4, 0.5) is 4.39 Å². The maximum Gasteiger partial charge on any atom is 0.310 e. The van der Waals surface area contributed by atoms with Gasteiger partial charge in [-0.05, 0) is 6.92 Å². The molecule has 1 rings (SSSR count). The number of carbonyl (C=O) groups excluding carboxylic acids is 1. The minimum absolute atomic E-state index is 0.0726. The smallest absolute Gasteiger partial charge is 0.310 e. The molecule has 0 saturated heterocycles. The molecule has 0 spiro atoms. The highest BCUT2D eigenvalue weighted by atomic mass is 19.1. The normalized spacial score (nSPS) is 9.86. The fraction of sp³-hybridized carbons (Fsp3) is 0.333. The van der Waals surface area contributed by atoms with E-state index in [9.17, 15) is 14.0 Å². The number of hydrogen-bond donors (Lipinski definition) is 1. The molecule has 0 fully saturated rings. The summed E-state index contributed by atoms with van der Waals surface area (Å²) in [6.45, 7) is 1.90. The maximum atomic E-state index is 12.7. The minimum Gasteiger partial charge on any atom is -0.466 e. The Bertz CT molecular complexity index is 386. The SMILES string of the molecule is CCOC(=O)Cc1c[nH]cc(F)c1=O. The van der Waals surface area contributed by atoms with Gasteiger partial charge in [0.15, 0.2) is 5.82 Å². The predicted molar refractivity (Wildman–Crippen MR) is 47.4 cm³/mol. The van der Waals surface area contributed by atoms with Gasteiger partial charge in [-0.15, -0.1) is 0 Å². The summed E-state index contributed by atoms with van der Waals surface area (Å²) in [4.78, 5) is 24.5. The van der Waals surface area contributed by atoms with Crippen LogP contribution in [0.15, 0.2) is 17.2 Å². The van der Waals surface area contributed by atoms with Crippen molar-refractivity contribution >= 4 is 5.97 Å². The summed E-state index contributed by atoms with van der Waals surface area (Å²) in [5.41, 5.74) is -0.694. The second-order valence-corrected chi connectivity index (χ2v) is 2.64. The lowest BCUT2D eigenvalue weighted by Crippen LogP contribution is -2.18. The first-order chi connectivity index (χ1) is 6.65. The highest BCUT2D eigenvalue weighted by Crippen LogP contribution is 1.95. The van der Waals surface area contributed by atoms with Crippen molar-refractivity contribution in [3.63, 3.8) is 0 Å². The van der Waals surface area contributed by atoms with Crippen molar-refractivity contribution < 1.29 is 13.9 Å². The van der Waals surface area contributed by atoms with Gasteiger partial charge in [0, 0.05) is 18.0 Å². The molecule has 1 heterocycles. The van der Waals surface area contributed by atoms with Crippen LogP contribution in [-0.2, 0) is 16.0 Å². The van der Waals surface area contributed by atoms with Crippen molar-refractivity contribution in [2.75, 3.05) is 6.61 Å². The molecule has 0 bridgehead atoms. The Morgan fingerprint density at radius 2 is 2.29 bits per heavy atom. The first kappa shape index (κ1) is 10.4. The van der Waals surface area contributed by atoms with E-state index in [0.717, 1.165) is 6.20 Å². The van der Waals surface area contributed by atoms with E-state index in [-0.39, 0.29) is 18.6 Å². The second kappa shape index (κ2) is 4.55. The standard InChI is InChI=1S/C9H10FNO3/c1-2-14-8(12)3-6-4-11-5-7(10)9(6)13/h4-5H,2-3H2,1H3,(H,11,13).